The predicted molar refractivity (Wildman–Crippen MR) is 103 cm³/mol. The fourth-order valence-corrected chi connectivity index (χ4v) is 3.57. The molecule has 0 aliphatic heterocycles. The lowest BCUT2D eigenvalue weighted by molar-refractivity contribution is -0.139. The molecule has 6 nitrogen and oxygen atoms in total. The fraction of sp³-hybridized carbons (Fsp3) is 0.300. The number of carboxylic acid groups (broad SMARTS) is 1. The first-order chi connectivity index (χ1) is 12.4. The van der Waals surface area contributed by atoms with E-state index in [1.165, 1.54) is 12.1 Å². The molecule has 0 fully saturated rings. The summed E-state index contributed by atoms with van der Waals surface area (Å²) in [4.78, 5) is 24.6. The average molecular weight is 389 g/mol. The van der Waals surface area contributed by atoms with E-state index >= 15 is 0 Å². The van der Waals surface area contributed by atoms with Crippen LogP contribution in [0.5, 0.6) is 0 Å². The second-order valence-corrected chi connectivity index (χ2v) is 8.73. The van der Waals surface area contributed by atoms with Crippen molar-refractivity contribution in [2.24, 2.45) is 0 Å². The Morgan fingerprint density at radius 1 is 1.00 bits per heavy atom. The minimum absolute atomic E-state index is 0.0226. The van der Waals surface area contributed by atoms with E-state index in [-0.39, 0.29) is 10.5 Å². The van der Waals surface area contributed by atoms with Gasteiger partial charge in [0.25, 0.3) is 5.91 Å². The number of amides is 1. The highest BCUT2D eigenvalue weighted by Gasteiger charge is 2.26. The molecular weight excluding hydrogens is 366 g/mol. The molecule has 7 heteroatoms. The number of carbonyl (C=O) groups excluding carboxylic acids is 1. The topological polar surface area (TPSA) is 101 Å². The van der Waals surface area contributed by atoms with Gasteiger partial charge in [-0.25, -0.2) is 13.2 Å². The van der Waals surface area contributed by atoms with Crippen LogP contribution in [0.3, 0.4) is 0 Å². The average Bonchev–Trinajstić information content (AvgIpc) is 2.56. The number of carboxylic acids is 1. The lowest BCUT2D eigenvalue weighted by Gasteiger charge is -2.19. The number of hydrogen-bond donors (Lipinski definition) is 2. The summed E-state index contributed by atoms with van der Waals surface area (Å²) >= 11 is 0. The fourth-order valence-electron chi connectivity index (χ4n) is 2.84. The summed E-state index contributed by atoms with van der Waals surface area (Å²) in [6.07, 6.45) is 1.06. The molecule has 1 unspecified atom stereocenters. The van der Waals surface area contributed by atoms with E-state index in [0.29, 0.717) is 16.7 Å². The lowest BCUT2D eigenvalue weighted by Crippen LogP contribution is -2.34. The van der Waals surface area contributed by atoms with Crippen LogP contribution in [0.1, 0.15) is 44.2 Å². The van der Waals surface area contributed by atoms with E-state index in [4.69, 9.17) is 0 Å². The zero-order chi connectivity index (χ0) is 20.5. The third-order valence-electron chi connectivity index (χ3n) is 4.79. The van der Waals surface area contributed by atoms with Gasteiger partial charge in [0.1, 0.15) is 0 Å². The molecule has 2 aromatic rings. The molecule has 0 aromatic heterocycles. The Morgan fingerprint density at radius 2 is 1.63 bits per heavy atom. The number of hydrogen-bond acceptors (Lipinski definition) is 4. The third-order valence-corrected chi connectivity index (χ3v) is 5.89. The van der Waals surface area contributed by atoms with Gasteiger partial charge in [-0.05, 0) is 67.6 Å². The Hall–Kier alpha value is -2.67. The number of rotatable bonds is 5. The van der Waals surface area contributed by atoms with Gasteiger partial charge in [-0.15, -0.1) is 0 Å². The van der Waals surface area contributed by atoms with Gasteiger partial charge in [-0.2, -0.15) is 0 Å². The Balaban J connectivity index is 2.50. The first-order valence-corrected chi connectivity index (χ1v) is 10.2. The van der Waals surface area contributed by atoms with Gasteiger partial charge in [0.15, 0.2) is 15.9 Å². The van der Waals surface area contributed by atoms with E-state index in [9.17, 15) is 23.1 Å². The van der Waals surface area contributed by atoms with E-state index in [1.54, 1.807) is 32.9 Å². The van der Waals surface area contributed by atoms with Crippen molar-refractivity contribution in [2.45, 2.75) is 38.6 Å². The Labute approximate surface area is 159 Å². The molecule has 0 saturated carbocycles. The van der Waals surface area contributed by atoms with Crippen LogP contribution in [-0.4, -0.2) is 31.7 Å². The normalized spacial score (nSPS) is 12.5. The van der Waals surface area contributed by atoms with Gasteiger partial charge in [0.05, 0.1) is 4.90 Å². The van der Waals surface area contributed by atoms with Crippen LogP contribution < -0.4 is 5.32 Å². The van der Waals surface area contributed by atoms with Crippen molar-refractivity contribution in [1.82, 2.24) is 5.32 Å². The number of aliphatic carboxylic acids is 1. The molecule has 0 bridgehead atoms. The third kappa shape index (κ3) is 4.36. The number of sulfone groups is 1. The zero-order valence-electron chi connectivity index (χ0n) is 16.0. The number of aryl methyl sites for hydroxylation is 2. The van der Waals surface area contributed by atoms with Crippen molar-refractivity contribution in [3.05, 3.63) is 63.7 Å². The van der Waals surface area contributed by atoms with Crippen LogP contribution in [0.4, 0.5) is 0 Å². The van der Waals surface area contributed by atoms with E-state index < -0.39 is 27.8 Å². The van der Waals surface area contributed by atoms with Gasteiger partial charge in [-0.1, -0.05) is 18.2 Å². The maximum absolute atomic E-state index is 12.8. The summed E-state index contributed by atoms with van der Waals surface area (Å²) in [7, 11) is -3.50. The standard InChI is InChI=1S/C20H23NO5S/c1-11-7-6-8-16(13(11)3)18(20(23)24)21-19(22)17-10-15(27(5,25)26)9-12(2)14(17)4/h6-10,18H,1-5H3,(H,21,22)(H,23,24). The van der Waals surface area contributed by atoms with E-state index in [1.807, 2.05) is 13.0 Å². The summed E-state index contributed by atoms with van der Waals surface area (Å²) in [5.41, 5.74) is 3.57. The molecule has 0 aliphatic carbocycles. The summed E-state index contributed by atoms with van der Waals surface area (Å²) < 4.78 is 23.8. The first kappa shape index (κ1) is 20.6. The van der Waals surface area contributed by atoms with Gasteiger partial charge in [0, 0.05) is 11.8 Å². The highest BCUT2D eigenvalue weighted by Crippen LogP contribution is 2.24. The Morgan fingerprint density at radius 3 is 2.19 bits per heavy atom. The molecule has 0 spiro atoms. The van der Waals surface area contributed by atoms with Gasteiger partial charge in [-0.3, -0.25) is 4.79 Å². The van der Waals surface area contributed by atoms with Crippen molar-refractivity contribution >= 4 is 21.7 Å². The largest absolute Gasteiger partial charge is 0.479 e. The molecule has 1 amide bonds. The second-order valence-electron chi connectivity index (χ2n) is 6.72. The molecule has 2 N–H and O–H groups in total. The van der Waals surface area contributed by atoms with E-state index in [0.717, 1.165) is 17.4 Å². The van der Waals surface area contributed by atoms with E-state index in [2.05, 4.69) is 5.32 Å². The minimum Gasteiger partial charge on any atom is -0.479 e. The maximum atomic E-state index is 12.8. The summed E-state index contributed by atoms with van der Waals surface area (Å²) in [5, 5.41) is 12.2. The molecule has 1 atom stereocenters. The van der Waals surface area contributed by atoms with Crippen LogP contribution in [0.25, 0.3) is 0 Å². The molecule has 0 radical (unpaired) electrons. The highest BCUT2D eigenvalue weighted by atomic mass is 32.2. The molecule has 0 heterocycles. The van der Waals surface area contributed by atoms with Crippen LogP contribution >= 0.6 is 0 Å². The summed E-state index contributed by atoms with van der Waals surface area (Å²) in [5.74, 6) is -1.82. The van der Waals surface area contributed by atoms with Gasteiger partial charge in [0.2, 0.25) is 0 Å². The smallest absolute Gasteiger partial charge is 0.330 e. The van der Waals surface area contributed by atoms with Crippen LogP contribution in [0.15, 0.2) is 35.2 Å². The molecule has 0 aliphatic rings. The zero-order valence-corrected chi connectivity index (χ0v) is 16.8. The predicted octanol–water partition coefficient (Wildman–Crippen LogP) is 2.88. The summed E-state index contributed by atoms with van der Waals surface area (Å²) in [6, 6.07) is 6.81. The van der Waals surface area contributed by atoms with Crippen molar-refractivity contribution < 1.29 is 23.1 Å². The monoisotopic (exact) mass is 389 g/mol. The summed E-state index contributed by atoms with van der Waals surface area (Å²) in [6.45, 7) is 7.07. The maximum Gasteiger partial charge on any atom is 0.330 e. The number of carbonyl (C=O) groups is 2. The Kier molecular flexibility index (Phi) is 5.75. The number of nitrogens with one attached hydrogen (secondary N) is 1. The molecule has 2 rings (SSSR count). The Bertz CT molecular complexity index is 1020. The molecule has 144 valence electrons. The SMILES string of the molecule is Cc1cc(S(C)(=O)=O)cc(C(=O)NC(C(=O)O)c2cccc(C)c2C)c1C. The lowest BCUT2D eigenvalue weighted by atomic mass is 9.96. The first-order valence-electron chi connectivity index (χ1n) is 8.34. The van der Waals surface area contributed by atoms with Crippen LogP contribution in [0, 0.1) is 27.7 Å². The van der Waals surface area contributed by atoms with Gasteiger partial charge < -0.3 is 10.4 Å². The molecule has 0 saturated heterocycles. The minimum atomic E-state index is -3.50. The van der Waals surface area contributed by atoms with Crippen molar-refractivity contribution in [1.29, 1.82) is 0 Å². The molecule has 27 heavy (non-hydrogen) atoms. The van der Waals surface area contributed by atoms with Crippen molar-refractivity contribution in [3.8, 4) is 0 Å². The highest BCUT2D eigenvalue weighted by molar-refractivity contribution is 7.90. The van der Waals surface area contributed by atoms with Crippen LogP contribution in [0.2, 0.25) is 0 Å². The second kappa shape index (κ2) is 7.52. The van der Waals surface area contributed by atoms with Gasteiger partial charge >= 0.3 is 5.97 Å². The molecular formula is C20H23NO5S. The van der Waals surface area contributed by atoms with Crippen molar-refractivity contribution in [3.63, 3.8) is 0 Å². The van der Waals surface area contributed by atoms with Crippen molar-refractivity contribution in [2.75, 3.05) is 6.26 Å². The quantitative estimate of drug-likeness (QED) is 0.819. The van der Waals surface area contributed by atoms with Crippen LogP contribution in [-0.2, 0) is 14.6 Å². The number of benzene rings is 2. The molecule has 2 aromatic carbocycles.